The molecule has 0 rings (SSSR count). The van der Waals surface area contributed by atoms with Crippen molar-refractivity contribution in [3.63, 3.8) is 0 Å². The lowest BCUT2D eigenvalue weighted by atomic mass is 9.99. The van der Waals surface area contributed by atoms with Crippen molar-refractivity contribution >= 4 is 39.5 Å². The van der Waals surface area contributed by atoms with Gasteiger partial charge in [0.1, 0.15) is 19.3 Å². The fourth-order valence-corrected chi connectivity index (χ4v) is 13.0. The summed E-state index contributed by atoms with van der Waals surface area (Å²) in [5, 5.41) is 10.6. The molecule has 0 aliphatic rings. The minimum absolute atomic E-state index is 0.103. The predicted octanol–water partition coefficient (Wildman–Crippen LogP) is 22.0. The Morgan fingerprint density at radius 2 is 0.505 bits per heavy atom. The SMILES string of the molecule is CCC(C)CCCCCCCCCCCCCCCCCCCCC(=O)OC[C@H](COP(=O)(O)OCC(O)COP(=O)(O)OC[C@@H](COC(=O)CCCCCCCCCCC(C)C)OC(=O)CCCCCCCCCCC(C)CC)OC(=O)CCCCCCCCC(C)CC. The fourth-order valence-electron chi connectivity index (χ4n) is 11.5. The number of phosphoric ester groups is 2. The van der Waals surface area contributed by atoms with Crippen molar-refractivity contribution in [1.29, 1.82) is 0 Å². The van der Waals surface area contributed by atoms with E-state index in [1.165, 1.54) is 186 Å². The Bertz CT molecular complexity index is 1870. The predicted molar refractivity (Wildman–Crippen MR) is 386 cm³/mol. The molecular formula is C76H148O17P2. The van der Waals surface area contributed by atoms with Crippen molar-refractivity contribution in [1.82, 2.24) is 0 Å². The molecule has 0 saturated heterocycles. The van der Waals surface area contributed by atoms with E-state index in [1.807, 2.05) is 0 Å². The zero-order valence-electron chi connectivity index (χ0n) is 62.3. The monoisotopic (exact) mass is 1400 g/mol. The maximum absolute atomic E-state index is 13.1. The maximum atomic E-state index is 13.1. The van der Waals surface area contributed by atoms with Crippen LogP contribution in [0.2, 0.25) is 0 Å². The number of carbonyl (C=O) groups is 4. The molecule has 0 bridgehead atoms. The summed E-state index contributed by atoms with van der Waals surface area (Å²) in [6, 6.07) is 0. The fraction of sp³-hybridized carbons (Fsp3) is 0.947. The van der Waals surface area contributed by atoms with Gasteiger partial charge in [0.05, 0.1) is 26.4 Å². The second-order valence-electron chi connectivity index (χ2n) is 28.6. The minimum atomic E-state index is -4.96. The van der Waals surface area contributed by atoms with Gasteiger partial charge in [-0.2, -0.15) is 0 Å². The van der Waals surface area contributed by atoms with Crippen LogP contribution in [0.3, 0.4) is 0 Å². The first kappa shape index (κ1) is 93.1. The molecule has 95 heavy (non-hydrogen) atoms. The largest absolute Gasteiger partial charge is 0.472 e. The Morgan fingerprint density at radius 3 is 0.747 bits per heavy atom. The van der Waals surface area contributed by atoms with E-state index in [9.17, 15) is 43.2 Å². The minimum Gasteiger partial charge on any atom is -0.462 e. The quantitative estimate of drug-likeness (QED) is 0.0222. The van der Waals surface area contributed by atoms with E-state index >= 15 is 0 Å². The van der Waals surface area contributed by atoms with Gasteiger partial charge in [0.2, 0.25) is 0 Å². The molecule has 3 N–H and O–H groups in total. The lowest BCUT2D eigenvalue weighted by Crippen LogP contribution is -2.30. The molecule has 0 aliphatic carbocycles. The first-order valence-corrected chi connectivity index (χ1v) is 42.3. The van der Waals surface area contributed by atoms with Crippen LogP contribution in [-0.4, -0.2) is 96.7 Å². The summed E-state index contributed by atoms with van der Waals surface area (Å²) in [6.07, 6.45) is 50.1. The van der Waals surface area contributed by atoms with Crippen LogP contribution in [0.4, 0.5) is 0 Å². The van der Waals surface area contributed by atoms with Gasteiger partial charge in [-0.3, -0.25) is 37.3 Å². The third-order valence-electron chi connectivity index (χ3n) is 18.7. The Labute approximate surface area is 581 Å². The zero-order chi connectivity index (χ0) is 70.3. The van der Waals surface area contributed by atoms with Crippen molar-refractivity contribution in [2.75, 3.05) is 39.6 Å². The second kappa shape index (κ2) is 65.4. The number of hydrogen-bond donors (Lipinski definition) is 3. The van der Waals surface area contributed by atoms with Crippen LogP contribution in [0.1, 0.15) is 383 Å². The van der Waals surface area contributed by atoms with Gasteiger partial charge < -0.3 is 33.8 Å². The van der Waals surface area contributed by atoms with Gasteiger partial charge in [0.15, 0.2) is 12.2 Å². The van der Waals surface area contributed by atoms with E-state index in [1.54, 1.807) is 0 Å². The normalized spacial score (nSPS) is 15.0. The van der Waals surface area contributed by atoms with Gasteiger partial charge >= 0.3 is 39.5 Å². The summed E-state index contributed by atoms with van der Waals surface area (Å²) in [4.78, 5) is 72.7. The van der Waals surface area contributed by atoms with Gasteiger partial charge in [-0.15, -0.1) is 0 Å². The third-order valence-corrected chi connectivity index (χ3v) is 20.6. The zero-order valence-corrected chi connectivity index (χ0v) is 64.1. The molecule has 19 heteroatoms. The van der Waals surface area contributed by atoms with Crippen molar-refractivity contribution in [2.24, 2.45) is 23.7 Å². The molecule has 0 aromatic carbocycles. The van der Waals surface area contributed by atoms with E-state index in [0.29, 0.717) is 25.7 Å². The Kier molecular flexibility index (Phi) is 64.0. The van der Waals surface area contributed by atoms with Crippen LogP contribution in [0, 0.1) is 23.7 Å². The highest BCUT2D eigenvalue weighted by molar-refractivity contribution is 7.47. The lowest BCUT2D eigenvalue weighted by molar-refractivity contribution is -0.161. The highest BCUT2D eigenvalue weighted by Crippen LogP contribution is 2.45. The third kappa shape index (κ3) is 66.4. The number of aliphatic hydroxyl groups is 1. The summed E-state index contributed by atoms with van der Waals surface area (Å²) >= 11 is 0. The van der Waals surface area contributed by atoms with Crippen molar-refractivity contribution < 1.29 is 80.2 Å². The molecule has 6 unspecified atom stereocenters. The van der Waals surface area contributed by atoms with E-state index in [4.69, 9.17) is 37.0 Å². The number of rotatable bonds is 73. The summed E-state index contributed by atoms with van der Waals surface area (Å²) in [7, 11) is -9.91. The standard InChI is InChI=1S/C76H148O17P2/c1-9-67(6)53-45-37-29-22-20-18-16-14-12-13-15-17-19-21-23-31-40-48-56-73(78)86-63-72(93-76(81)59-51-43-35-34-39-47-55-69(8)11-3)65-91-95(84,85)89-61-70(77)60-88-94(82,83)90-64-71(62-87-74(79)57-49-41-32-26-24-28-36-44-52-66(4)5)92-75(80)58-50-42-33-27-25-30-38-46-54-68(7)10-2/h66-72,77H,9-65H2,1-8H3,(H,82,83)(H,84,85)/t67?,68?,69?,70?,71-,72-/m1/s1. The number of aliphatic hydroxyl groups excluding tert-OH is 1. The molecule has 0 aromatic rings. The Hall–Kier alpha value is -1.94. The van der Waals surface area contributed by atoms with Crippen LogP contribution in [0.15, 0.2) is 0 Å². The second-order valence-corrected chi connectivity index (χ2v) is 31.5. The molecule has 0 aromatic heterocycles. The van der Waals surface area contributed by atoms with Crippen molar-refractivity contribution in [3.8, 4) is 0 Å². The molecule has 0 radical (unpaired) electrons. The van der Waals surface area contributed by atoms with Gasteiger partial charge in [-0.1, -0.05) is 331 Å². The summed E-state index contributed by atoms with van der Waals surface area (Å²) < 4.78 is 68.4. The number of carbonyl (C=O) groups excluding carboxylic acids is 4. The molecule has 0 aliphatic heterocycles. The smallest absolute Gasteiger partial charge is 0.462 e. The Balaban J connectivity index is 5.14. The van der Waals surface area contributed by atoms with Gasteiger partial charge in [-0.25, -0.2) is 9.13 Å². The first-order valence-electron chi connectivity index (χ1n) is 39.3. The van der Waals surface area contributed by atoms with Crippen molar-refractivity contribution in [2.45, 2.75) is 401 Å². The molecule has 564 valence electrons. The van der Waals surface area contributed by atoms with Gasteiger partial charge in [0.25, 0.3) is 0 Å². The molecule has 17 nitrogen and oxygen atoms in total. The van der Waals surface area contributed by atoms with Crippen LogP contribution in [0.5, 0.6) is 0 Å². The van der Waals surface area contributed by atoms with Crippen molar-refractivity contribution in [3.05, 3.63) is 0 Å². The average Bonchev–Trinajstić information content (AvgIpc) is 2.95. The van der Waals surface area contributed by atoms with Crippen LogP contribution in [0.25, 0.3) is 0 Å². The van der Waals surface area contributed by atoms with E-state index in [2.05, 4.69) is 55.4 Å². The first-order chi connectivity index (χ1) is 45.7. The average molecular weight is 1400 g/mol. The van der Waals surface area contributed by atoms with E-state index in [0.717, 1.165) is 114 Å². The Morgan fingerprint density at radius 1 is 0.295 bits per heavy atom. The van der Waals surface area contributed by atoms with Gasteiger partial charge in [0, 0.05) is 25.7 Å². The highest BCUT2D eigenvalue weighted by atomic mass is 31.2. The molecule has 8 atom stereocenters. The summed E-state index contributed by atoms with van der Waals surface area (Å²) in [5.41, 5.74) is 0. The number of unbranched alkanes of at least 4 members (excludes halogenated alkanes) is 36. The molecule has 0 fully saturated rings. The van der Waals surface area contributed by atoms with Crippen LogP contribution in [-0.2, 0) is 65.4 Å². The van der Waals surface area contributed by atoms with E-state index in [-0.39, 0.29) is 25.7 Å². The summed E-state index contributed by atoms with van der Waals surface area (Å²) in [6.45, 7) is 14.2. The van der Waals surface area contributed by atoms with Crippen LogP contribution < -0.4 is 0 Å². The highest BCUT2D eigenvalue weighted by Gasteiger charge is 2.30. The molecule has 0 saturated carbocycles. The summed E-state index contributed by atoms with van der Waals surface area (Å²) in [5.74, 6) is 0.962. The number of phosphoric acid groups is 2. The topological polar surface area (TPSA) is 237 Å². The number of hydrogen-bond acceptors (Lipinski definition) is 15. The van der Waals surface area contributed by atoms with Gasteiger partial charge in [-0.05, 0) is 49.4 Å². The molecule has 0 heterocycles. The van der Waals surface area contributed by atoms with E-state index < -0.39 is 97.5 Å². The molecule has 0 amide bonds. The lowest BCUT2D eigenvalue weighted by Gasteiger charge is -2.21. The number of esters is 4. The van der Waals surface area contributed by atoms with Crippen LogP contribution >= 0.6 is 15.6 Å². The number of ether oxygens (including phenoxy) is 4. The molecular weight excluding hydrogens is 1250 g/mol. The maximum Gasteiger partial charge on any atom is 0.472 e. The molecule has 0 spiro atoms.